The predicted molar refractivity (Wildman–Crippen MR) is 68.1 cm³/mol. The second-order valence-corrected chi connectivity index (χ2v) is 5.61. The molecule has 1 aliphatic carbocycles. The topological polar surface area (TPSA) is 58.4 Å². The summed E-state index contributed by atoms with van der Waals surface area (Å²) in [5.74, 6) is 6.20. The van der Waals surface area contributed by atoms with Crippen molar-refractivity contribution in [3.8, 4) is 0 Å². The molecule has 0 radical (unpaired) electrons. The Morgan fingerprint density at radius 1 is 1.18 bits per heavy atom. The molecule has 2 fully saturated rings. The first kappa shape index (κ1) is 12.8. The van der Waals surface area contributed by atoms with E-state index in [9.17, 15) is 4.79 Å². The highest BCUT2D eigenvalue weighted by atomic mass is 16.2. The average molecular weight is 239 g/mol. The fraction of sp³-hybridized carbons (Fsp3) is 0.923. The van der Waals surface area contributed by atoms with Crippen LogP contribution in [0.25, 0.3) is 0 Å². The number of nitrogens with zero attached hydrogens (tertiary/aromatic N) is 1. The van der Waals surface area contributed by atoms with E-state index >= 15 is 0 Å². The second-order valence-electron chi connectivity index (χ2n) is 5.61. The van der Waals surface area contributed by atoms with Gasteiger partial charge in [0.05, 0.1) is 5.92 Å². The fourth-order valence-corrected chi connectivity index (χ4v) is 3.29. The van der Waals surface area contributed by atoms with E-state index in [1.54, 1.807) is 0 Å². The summed E-state index contributed by atoms with van der Waals surface area (Å²) in [6, 6.07) is 0. The third-order valence-corrected chi connectivity index (χ3v) is 4.26. The van der Waals surface area contributed by atoms with E-state index in [2.05, 4.69) is 10.3 Å². The van der Waals surface area contributed by atoms with Gasteiger partial charge in [0.2, 0.25) is 5.91 Å². The first-order valence-electron chi connectivity index (χ1n) is 7.02. The largest absolute Gasteiger partial charge is 0.302 e. The van der Waals surface area contributed by atoms with Gasteiger partial charge in [-0.05, 0) is 38.1 Å². The highest BCUT2D eigenvalue weighted by Gasteiger charge is 2.27. The van der Waals surface area contributed by atoms with Crippen LogP contribution in [0.5, 0.6) is 0 Å². The number of hydrogen-bond donors (Lipinski definition) is 2. The van der Waals surface area contributed by atoms with E-state index in [1.165, 1.54) is 38.6 Å². The van der Waals surface area contributed by atoms with Crippen molar-refractivity contribution >= 4 is 5.91 Å². The molecule has 1 amide bonds. The lowest BCUT2D eigenvalue weighted by Gasteiger charge is -2.35. The molecule has 1 atom stereocenters. The molecule has 0 aromatic carbocycles. The number of hydrogen-bond acceptors (Lipinski definition) is 3. The molecule has 17 heavy (non-hydrogen) atoms. The van der Waals surface area contributed by atoms with Crippen LogP contribution in [0.15, 0.2) is 0 Å². The standard InChI is InChI=1S/C13H25N3O/c14-15-13(17)12-7-4-8-16(10-12)9-11-5-2-1-3-6-11/h11-12H,1-10,14H2,(H,15,17). The van der Waals surface area contributed by atoms with Crippen LogP contribution < -0.4 is 11.3 Å². The normalized spacial score (nSPS) is 27.9. The number of likely N-dealkylation sites (tertiary alicyclic amines) is 1. The van der Waals surface area contributed by atoms with E-state index in [0.29, 0.717) is 0 Å². The van der Waals surface area contributed by atoms with E-state index in [0.717, 1.165) is 31.8 Å². The fourth-order valence-electron chi connectivity index (χ4n) is 3.29. The average Bonchev–Trinajstić information content (AvgIpc) is 2.39. The van der Waals surface area contributed by atoms with Gasteiger partial charge in [-0.3, -0.25) is 10.2 Å². The number of nitrogens with two attached hydrogens (primary N) is 1. The van der Waals surface area contributed by atoms with Crippen LogP contribution in [0.2, 0.25) is 0 Å². The molecule has 0 spiro atoms. The SMILES string of the molecule is NNC(=O)C1CCCN(CC2CCCCC2)C1. The van der Waals surface area contributed by atoms with Gasteiger partial charge in [-0.15, -0.1) is 0 Å². The molecule has 0 aromatic rings. The summed E-state index contributed by atoms with van der Waals surface area (Å²) < 4.78 is 0. The highest BCUT2D eigenvalue weighted by Crippen LogP contribution is 2.26. The van der Waals surface area contributed by atoms with Crippen molar-refractivity contribution in [2.45, 2.75) is 44.9 Å². The second kappa shape index (κ2) is 6.36. The van der Waals surface area contributed by atoms with Crippen molar-refractivity contribution in [2.75, 3.05) is 19.6 Å². The quantitative estimate of drug-likeness (QED) is 0.443. The van der Waals surface area contributed by atoms with Crippen molar-refractivity contribution in [3.05, 3.63) is 0 Å². The summed E-state index contributed by atoms with van der Waals surface area (Å²) in [6.07, 6.45) is 9.08. The smallest absolute Gasteiger partial charge is 0.238 e. The van der Waals surface area contributed by atoms with Gasteiger partial charge in [-0.25, -0.2) is 5.84 Å². The van der Waals surface area contributed by atoms with Crippen molar-refractivity contribution in [3.63, 3.8) is 0 Å². The van der Waals surface area contributed by atoms with Gasteiger partial charge in [0.15, 0.2) is 0 Å². The summed E-state index contributed by atoms with van der Waals surface area (Å²) >= 11 is 0. The van der Waals surface area contributed by atoms with E-state index in [4.69, 9.17) is 5.84 Å². The molecule has 3 N–H and O–H groups in total. The maximum atomic E-state index is 11.5. The van der Waals surface area contributed by atoms with Crippen LogP contribution in [0.1, 0.15) is 44.9 Å². The summed E-state index contributed by atoms with van der Waals surface area (Å²) in [6.45, 7) is 3.25. The maximum absolute atomic E-state index is 11.5. The lowest BCUT2D eigenvalue weighted by Crippen LogP contribution is -2.46. The summed E-state index contributed by atoms with van der Waals surface area (Å²) in [7, 11) is 0. The molecule has 98 valence electrons. The minimum absolute atomic E-state index is 0.0124. The van der Waals surface area contributed by atoms with Gasteiger partial charge < -0.3 is 4.90 Å². The Balaban J connectivity index is 1.78. The van der Waals surface area contributed by atoms with Crippen LogP contribution in [-0.4, -0.2) is 30.4 Å². The molecule has 1 heterocycles. The van der Waals surface area contributed by atoms with Crippen LogP contribution >= 0.6 is 0 Å². The highest BCUT2D eigenvalue weighted by molar-refractivity contribution is 5.78. The van der Waals surface area contributed by atoms with Crippen molar-refractivity contribution in [2.24, 2.45) is 17.7 Å². The summed E-state index contributed by atoms with van der Waals surface area (Å²) in [5.41, 5.74) is 2.29. The number of amides is 1. The van der Waals surface area contributed by atoms with Gasteiger partial charge in [0.1, 0.15) is 0 Å². The molecule has 1 saturated carbocycles. The molecule has 0 aromatic heterocycles. The Morgan fingerprint density at radius 3 is 2.65 bits per heavy atom. The van der Waals surface area contributed by atoms with Gasteiger partial charge in [-0.1, -0.05) is 19.3 Å². The van der Waals surface area contributed by atoms with Crippen molar-refractivity contribution in [1.29, 1.82) is 0 Å². The molecule has 4 nitrogen and oxygen atoms in total. The van der Waals surface area contributed by atoms with Crippen LogP contribution in [0, 0.1) is 11.8 Å². The Labute approximate surface area is 104 Å². The lowest BCUT2D eigenvalue weighted by molar-refractivity contribution is -0.126. The molecular formula is C13H25N3O. The van der Waals surface area contributed by atoms with Gasteiger partial charge in [-0.2, -0.15) is 0 Å². The third kappa shape index (κ3) is 3.68. The zero-order valence-electron chi connectivity index (χ0n) is 10.7. The number of hydrazine groups is 1. The Kier molecular flexibility index (Phi) is 4.80. The minimum Gasteiger partial charge on any atom is -0.302 e. The van der Waals surface area contributed by atoms with Gasteiger partial charge >= 0.3 is 0 Å². The summed E-state index contributed by atoms with van der Waals surface area (Å²) in [4.78, 5) is 14.0. The Hall–Kier alpha value is -0.610. The van der Waals surface area contributed by atoms with Crippen LogP contribution in [-0.2, 0) is 4.79 Å². The van der Waals surface area contributed by atoms with Gasteiger partial charge in [0, 0.05) is 13.1 Å². The molecule has 1 saturated heterocycles. The lowest BCUT2D eigenvalue weighted by atomic mass is 9.88. The number of rotatable bonds is 3. The van der Waals surface area contributed by atoms with Crippen LogP contribution in [0.4, 0.5) is 0 Å². The Morgan fingerprint density at radius 2 is 1.94 bits per heavy atom. The monoisotopic (exact) mass is 239 g/mol. The molecule has 2 aliphatic rings. The van der Waals surface area contributed by atoms with Crippen LogP contribution in [0.3, 0.4) is 0 Å². The van der Waals surface area contributed by atoms with Crippen molar-refractivity contribution < 1.29 is 4.79 Å². The maximum Gasteiger partial charge on any atom is 0.238 e. The molecular weight excluding hydrogens is 214 g/mol. The molecule has 0 bridgehead atoms. The van der Waals surface area contributed by atoms with Crippen molar-refractivity contribution in [1.82, 2.24) is 10.3 Å². The third-order valence-electron chi connectivity index (χ3n) is 4.26. The minimum atomic E-state index is 0.0124. The zero-order chi connectivity index (χ0) is 12.1. The van der Waals surface area contributed by atoms with E-state index in [-0.39, 0.29) is 11.8 Å². The summed E-state index contributed by atoms with van der Waals surface area (Å²) in [5, 5.41) is 0. The van der Waals surface area contributed by atoms with E-state index < -0.39 is 0 Å². The molecule has 4 heteroatoms. The zero-order valence-corrected chi connectivity index (χ0v) is 10.7. The number of piperidine rings is 1. The molecule has 2 rings (SSSR count). The van der Waals surface area contributed by atoms with Gasteiger partial charge in [0.25, 0.3) is 0 Å². The number of carbonyl (C=O) groups excluding carboxylic acids is 1. The molecule has 1 unspecified atom stereocenters. The molecule has 1 aliphatic heterocycles. The first-order chi connectivity index (χ1) is 8.29. The first-order valence-corrected chi connectivity index (χ1v) is 7.02. The predicted octanol–water partition coefficient (Wildman–Crippen LogP) is 1.27. The number of nitrogens with one attached hydrogen (secondary N) is 1. The Bertz CT molecular complexity index is 251. The number of carbonyl (C=O) groups is 1. The van der Waals surface area contributed by atoms with E-state index in [1.807, 2.05) is 0 Å².